The lowest BCUT2D eigenvalue weighted by Gasteiger charge is -2.26. The second-order valence-electron chi connectivity index (χ2n) is 7.28. The molecule has 3 heterocycles. The molecule has 3 aromatic rings. The highest BCUT2D eigenvalue weighted by Gasteiger charge is 2.26. The summed E-state index contributed by atoms with van der Waals surface area (Å²) in [6.45, 7) is 0.215. The molecule has 1 aliphatic rings. The third kappa shape index (κ3) is 3.83. The molecule has 0 atom stereocenters. The van der Waals surface area contributed by atoms with Crippen molar-refractivity contribution in [3.63, 3.8) is 0 Å². The number of pyridine rings is 2. The van der Waals surface area contributed by atoms with E-state index in [4.69, 9.17) is 0 Å². The van der Waals surface area contributed by atoms with Crippen molar-refractivity contribution < 1.29 is 9.90 Å². The Bertz CT molecular complexity index is 960. The average molecular weight is 365 g/mol. The van der Waals surface area contributed by atoms with Crippen LogP contribution in [0.5, 0.6) is 0 Å². The van der Waals surface area contributed by atoms with Gasteiger partial charge in [0.25, 0.3) is 0 Å². The number of aliphatic hydroxyl groups excluding tert-OH is 1. The van der Waals surface area contributed by atoms with E-state index < -0.39 is 0 Å². The molecule has 1 saturated carbocycles. The number of hydrogen-bond donors (Lipinski definition) is 2. The summed E-state index contributed by atoms with van der Waals surface area (Å²) in [5.74, 6) is 0.881. The number of aliphatic hydroxyl groups is 1. The Morgan fingerprint density at radius 1 is 1.15 bits per heavy atom. The van der Waals surface area contributed by atoms with Gasteiger partial charge in [-0.3, -0.25) is 14.5 Å². The van der Waals surface area contributed by atoms with Crippen LogP contribution in [0, 0.1) is 11.8 Å². The van der Waals surface area contributed by atoms with Crippen LogP contribution in [-0.4, -0.2) is 37.4 Å². The lowest BCUT2D eigenvalue weighted by atomic mass is 9.82. The van der Waals surface area contributed by atoms with Gasteiger partial charge in [-0.15, -0.1) is 0 Å². The number of anilines is 1. The molecule has 1 aliphatic carbocycles. The number of fused-ring (bicyclic) bond motifs is 1. The maximum absolute atomic E-state index is 12.5. The molecule has 0 radical (unpaired) electrons. The molecule has 1 fully saturated rings. The highest BCUT2D eigenvalue weighted by molar-refractivity contribution is 5.94. The van der Waals surface area contributed by atoms with Crippen LogP contribution in [0.4, 0.5) is 5.82 Å². The van der Waals surface area contributed by atoms with Gasteiger partial charge in [-0.1, -0.05) is 0 Å². The van der Waals surface area contributed by atoms with Gasteiger partial charge in [-0.25, -0.2) is 4.98 Å². The summed E-state index contributed by atoms with van der Waals surface area (Å²) >= 11 is 0. The summed E-state index contributed by atoms with van der Waals surface area (Å²) in [5, 5.41) is 17.3. The third-order valence-corrected chi connectivity index (χ3v) is 5.33. The molecule has 27 heavy (non-hydrogen) atoms. The highest BCUT2D eigenvalue weighted by atomic mass is 16.3. The van der Waals surface area contributed by atoms with Crippen LogP contribution >= 0.6 is 0 Å². The van der Waals surface area contributed by atoms with Gasteiger partial charge in [0.05, 0.1) is 17.9 Å². The van der Waals surface area contributed by atoms with Crippen molar-refractivity contribution in [2.45, 2.75) is 25.7 Å². The first-order chi connectivity index (χ1) is 13.1. The Hall–Kier alpha value is -2.80. The van der Waals surface area contributed by atoms with E-state index in [2.05, 4.69) is 20.4 Å². The van der Waals surface area contributed by atoms with E-state index in [-0.39, 0.29) is 18.4 Å². The van der Waals surface area contributed by atoms with Crippen molar-refractivity contribution in [3.8, 4) is 11.1 Å². The van der Waals surface area contributed by atoms with Crippen molar-refractivity contribution in [1.82, 2.24) is 19.7 Å². The summed E-state index contributed by atoms with van der Waals surface area (Å²) in [6.07, 6.45) is 10.7. The molecule has 0 aliphatic heterocycles. The van der Waals surface area contributed by atoms with Gasteiger partial charge in [0.15, 0.2) is 0 Å². The molecule has 2 N–H and O–H groups in total. The zero-order chi connectivity index (χ0) is 18.8. The van der Waals surface area contributed by atoms with Gasteiger partial charge >= 0.3 is 0 Å². The lowest BCUT2D eigenvalue weighted by molar-refractivity contribution is -0.121. The Balaban J connectivity index is 1.51. The fraction of sp³-hybridized carbons (Fsp3) is 0.400. The minimum Gasteiger partial charge on any atom is -0.396 e. The van der Waals surface area contributed by atoms with Gasteiger partial charge in [0, 0.05) is 48.5 Å². The van der Waals surface area contributed by atoms with Crippen LogP contribution in [0.1, 0.15) is 25.7 Å². The smallest absolute Gasteiger partial charge is 0.228 e. The standard InChI is InChI=1S/C20H23N5O2/c1-25-11-17(9-23-25)16-6-15-7-19(22-10-18(15)21-8-16)24-20(27)14-4-2-13(12-26)3-5-14/h6-11,13-14,26H,2-5,12H2,1H3,(H,22,24,27). The predicted octanol–water partition coefficient (Wildman–Crippen LogP) is 2.77. The molecule has 0 unspecified atom stereocenters. The average Bonchev–Trinajstić information content (AvgIpc) is 3.14. The van der Waals surface area contributed by atoms with Crippen LogP contribution in [0.15, 0.2) is 36.9 Å². The van der Waals surface area contributed by atoms with Gasteiger partial charge in [-0.2, -0.15) is 5.10 Å². The van der Waals surface area contributed by atoms with Crippen molar-refractivity contribution >= 4 is 22.6 Å². The first-order valence-electron chi connectivity index (χ1n) is 9.29. The zero-order valence-corrected chi connectivity index (χ0v) is 15.3. The molecule has 0 spiro atoms. The van der Waals surface area contributed by atoms with Crippen molar-refractivity contribution in [2.24, 2.45) is 18.9 Å². The Labute approximate surface area is 157 Å². The van der Waals surface area contributed by atoms with Gasteiger partial charge in [0.2, 0.25) is 5.91 Å². The first-order valence-corrected chi connectivity index (χ1v) is 9.29. The van der Waals surface area contributed by atoms with E-state index in [0.717, 1.165) is 47.7 Å². The van der Waals surface area contributed by atoms with E-state index in [9.17, 15) is 9.90 Å². The van der Waals surface area contributed by atoms with Crippen molar-refractivity contribution in [3.05, 3.63) is 36.9 Å². The number of rotatable bonds is 4. The molecule has 7 heteroatoms. The number of amides is 1. The van der Waals surface area contributed by atoms with Crippen molar-refractivity contribution in [1.29, 1.82) is 0 Å². The van der Waals surface area contributed by atoms with Crippen molar-refractivity contribution in [2.75, 3.05) is 11.9 Å². The van der Waals surface area contributed by atoms with E-state index >= 15 is 0 Å². The van der Waals surface area contributed by atoms with E-state index in [1.165, 1.54) is 0 Å². The lowest BCUT2D eigenvalue weighted by Crippen LogP contribution is -2.28. The van der Waals surface area contributed by atoms with E-state index in [1.807, 2.05) is 25.4 Å². The largest absolute Gasteiger partial charge is 0.396 e. The Kier molecular flexibility index (Phi) is 4.85. The number of hydrogen-bond acceptors (Lipinski definition) is 5. The molecular weight excluding hydrogens is 342 g/mol. The Morgan fingerprint density at radius 3 is 2.67 bits per heavy atom. The number of nitrogens with one attached hydrogen (secondary N) is 1. The van der Waals surface area contributed by atoms with Gasteiger partial charge in [-0.05, 0) is 43.7 Å². The number of aryl methyl sites for hydroxylation is 1. The molecular formula is C20H23N5O2. The summed E-state index contributed by atoms with van der Waals surface area (Å²) < 4.78 is 1.75. The SMILES string of the molecule is Cn1cc(-c2cnc3cnc(NC(=O)C4CCC(CO)CC4)cc3c2)cn1. The molecule has 140 valence electrons. The molecule has 0 bridgehead atoms. The highest BCUT2D eigenvalue weighted by Crippen LogP contribution is 2.29. The van der Waals surface area contributed by atoms with Gasteiger partial charge in [0.1, 0.15) is 5.82 Å². The molecule has 3 aromatic heterocycles. The molecule has 7 nitrogen and oxygen atoms in total. The van der Waals surface area contributed by atoms with Crippen LogP contribution in [0.2, 0.25) is 0 Å². The molecule has 4 rings (SSSR count). The first kappa shape index (κ1) is 17.6. The van der Waals surface area contributed by atoms with Crippen LogP contribution < -0.4 is 5.32 Å². The minimum absolute atomic E-state index is 0.00890. The monoisotopic (exact) mass is 365 g/mol. The number of nitrogens with zero attached hydrogens (tertiary/aromatic N) is 4. The topological polar surface area (TPSA) is 92.9 Å². The third-order valence-electron chi connectivity index (χ3n) is 5.33. The fourth-order valence-electron chi connectivity index (χ4n) is 3.66. The molecule has 0 aromatic carbocycles. The number of aromatic nitrogens is 4. The summed E-state index contributed by atoms with van der Waals surface area (Å²) in [4.78, 5) is 21.3. The fourth-order valence-corrected chi connectivity index (χ4v) is 3.66. The van der Waals surface area contributed by atoms with Crippen LogP contribution in [0.3, 0.4) is 0 Å². The maximum Gasteiger partial charge on any atom is 0.228 e. The zero-order valence-electron chi connectivity index (χ0n) is 15.3. The molecule has 1 amide bonds. The minimum atomic E-state index is -0.00912. The van der Waals surface area contributed by atoms with Crippen LogP contribution in [0.25, 0.3) is 22.0 Å². The van der Waals surface area contributed by atoms with E-state index in [1.54, 1.807) is 23.3 Å². The second-order valence-corrected chi connectivity index (χ2v) is 7.28. The summed E-state index contributed by atoms with van der Waals surface area (Å²) in [6, 6.07) is 3.89. The Morgan fingerprint density at radius 2 is 1.96 bits per heavy atom. The van der Waals surface area contributed by atoms with Gasteiger partial charge < -0.3 is 10.4 Å². The maximum atomic E-state index is 12.5. The van der Waals surface area contributed by atoms with E-state index in [0.29, 0.717) is 11.7 Å². The molecule has 0 saturated heterocycles. The quantitative estimate of drug-likeness (QED) is 0.742. The summed E-state index contributed by atoms with van der Waals surface area (Å²) in [7, 11) is 1.88. The normalized spacial score (nSPS) is 19.9. The summed E-state index contributed by atoms with van der Waals surface area (Å²) in [5.41, 5.74) is 2.75. The number of carbonyl (C=O) groups excluding carboxylic acids is 1. The number of carbonyl (C=O) groups is 1. The second kappa shape index (κ2) is 7.44. The van der Waals surface area contributed by atoms with Crippen LogP contribution in [-0.2, 0) is 11.8 Å². The predicted molar refractivity (Wildman–Crippen MR) is 103 cm³/mol.